The number of rotatable bonds is 5. The van der Waals surface area contributed by atoms with Crippen LogP contribution in [0.3, 0.4) is 0 Å². The van der Waals surface area contributed by atoms with Crippen LogP contribution in [0.5, 0.6) is 5.75 Å². The summed E-state index contributed by atoms with van der Waals surface area (Å²) in [6.07, 6.45) is 1.38. The van der Waals surface area contributed by atoms with Gasteiger partial charge in [-0.15, -0.1) is 0 Å². The SMILES string of the molecule is FCC1(c2noc(-c3cccc(OC(F)F)c3)n2)CC1. The highest BCUT2D eigenvalue weighted by molar-refractivity contribution is 5.55. The van der Waals surface area contributed by atoms with E-state index >= 15 is 0 Å². The van der Waals surface area contributed by atoms with Crippen molar-refractivity contribution in [2.75, 3.05) is 6.67 Å². The van der Waals surface area contributed by atoms with Gasteiger partial charge in [-0.3, -0.25) is 0 Å². The van der Waals surface area contributed by atoms with Crippen LogP contribution in [0.4, 0.5) is 13.2 Å². The van der Waals surface area contributed by atoms with Crippen molar-refractivity contribution in [1.82, 2.24) is 10.1 Å². The third kappa shape index (κ3) is 2.35. The molecule has 1 heterocycles. The number of aromatic nitrogens is 2. The highest BCUT2D eigenvalue weighted by Gasteiger charge is 2.48. The third-order valence-electron chi connectivity index (χ3n) is 3.32. The average Bonchev–Trinajstić information content (AvgIpc) is 3.07. The number of halogens is 3. The normalized spacial score (nSPS) is 16.4. The molecule has 20 heavy (non-hydrogen) atoms. The van der Waals surface area contributed by atoms with Crippen LogP contribution in [0, 0.1) is 0 Å². The van der Waals surface area contributed by atoms with E-state index in [-0.39, 0.29) is 11.6 Å². The van der Waals surface area contributed by atoms with Crippen molar-refractivity contribution in [3.63, 3.8) is 0 Å². The van der Waals surface area contributed by atoms with E-state index in [0.717, 1.165) is 0 Å². The fraction of sp³-hybridized carbons (Fsp3) is 0.385. The van der Waals surface area contributed by atoms with Crippen LogP contribution in [-0.2, 0) is 5.41 Å². The zero-order chi connectivity index (χ0) is 14.2. The molecule has 0 aliphatic heterocycles. The molecule has 1 saturated carbocycles. The van der Waals surface area contributed by atoms with Crippen LogP contribution in [0.1, 0.15) is 18.7 Å². The van der Waals surface area contributed by atoms with Crippen LogP contribution in [0.2, 0.25) is 0 Å². The van der Waals surface area contributed by atoms with Gasteiger partial charge in [0.2, 0.25) is 0 Å². The highest BCUT2D eigenvalue weighted by Crippen LogP contribution is 2.47. The molecule has 0 atom stereocenters. The summed E-state index contributed by atoms with van der Waals surface area (Å²) in [5.74, 6) is 0.499. The molecular formula is C13H11F3N2O2. The van der Waals surface area contributed by atoms with E-state index in [1.807, 2.05) is 0 Å². The molecule has 1 aliphatic rings. The van der Waals surface area contributed by atoms with Crippen molar-refractivity contribution in [2.24, 2.45) is 0 Å². The molecule has 4 nitrogen and oxygen atoms in total. The lowest BCUT2D eigenvalue weighted by Gasteiger charge is -2.04. The topological polar surface area (TPSA) is 48.2 Å². The Bertz CT molecular complexity index is 611. The van der Waals surface area contributed by atoms with Crippen molar-refractivity contribution < 1.29 is 22.4 Å². The molecular weight excluding hydrogens is 273 g/mol. The smallest absolute Gasteiger partial charge is 0.387 e. The Hall–Kier alpha value is -2.05. The van der Waals surface area contributed by atoms with Gasteiger partial charge in [-0.25, -0.2) is 4.39 Å². The van der Waals surface area contributed by atoms with Gasteiger partial charge in [0.25, 0.3) is 5.89 Å². The number of ether oxygens (including phenoxy) is 1. The number of hydrogen-bond donors (Lipinski definition) is 0. The molecule has 1 aromatic carbocycles. The summed E-state index contributed by atoms with van der Waals surface area (Å²) in [5.41, 5.74) is -0.157. The lowest BCUT2D eigenvalue weighted by atomic mass is 10.1. The van der Waals surface area contributed by atoms with Crippen LogP contribution >= 0.6 is 0 Å². The predicted molar refractivity (Wildman–Crippen MR) is 63.3 cm³/mol. The van der Waals surface area contributed by atoms with Gasteiger partial charge in [0.05, 0.1) is 5.41 Å². The summed E-state index contributed by atoms with van der Waals surface area (Å²) in [6.45, 7) is -3.43. The molecule has 0 unspecified atom stereocenters. The molecule has 1 aliphatic carbocycles. The minimum atomic E-state index is -2.90. The zero-order valence-electron chi connectivity index (χ0n) is 10.4. The van der Waals surface area contributed by atoms with Crippen LogP contribution in [-0.4, -0.2) is 23.4 Å². The quantitative estimate of drug-likeness (QED) is 0.845. The molecule has 0 saturated heterocycles. The second-order valence-corrected chi connectivity index (χ2v) is 4.74. The molecule has 0 spiro atoms. The highest BCUT2D eigenvalue weighted by atomic mass is 19.3. The van der Waals surface area contributed by atoms with Gasteiger partial charge in [0.1, 0.15) is 12.4 Å². The Morgan fingerprint density at radius 1 is 1.35 bits per heavy atom. The van der Waals surface area contributed by atoms with Crippen LogP contribution in [0.25, 0.3) is 11.5 Å². The number of alkyl halides is 3. The number of benzene rings is 1. The van der Waals surface area contributed by atoms with E-state index in [2.05, 4.69) is 14.9 Å². The van der Waals surface area contributed by atoms with Crippen molar-refractivity contribution >= 4 is 0 Å². The molecule has 2 aromatic rings. The molecule has 0 radical (unpaired) electrons. The minimum absolute atomic E-state index is 0.00359. The third-order valence-corrected chi connectivity index (χ3v) is 3.32. The standard InChI is InChI=1S/C13H11F3N2O2/c14-7-13(4-5-13)11-17-10(20-18-11)8-2-1-3-9(6-8)19-12(15)16/h1-3,6,12H,4-5,7H2. The van der Waals surface area contributed by atoms with E-state index in [1.54, 1.807) is 12.1 Å². The van der Waals surface area contributed by atoms with Gasteiger partial charge in [0.15, 0.2) is 5.82 Å². The average molecular weight is 284 g/mol. The summed E-state index contributed by atoms with van der Waals surface area (Å²) >= 11 is 0. The van der Waals surface area contributed by atoms with Crippen LogP contribution < -0.4 is 4.74 Å². The summed E-state index contributed by atoms with van der Waals surface area (Å²) in [6, 6.07) is 5.94. The number of hydrogen-bond acceptors (Lipinski definition) is 4. The van der Waals surface area contributed by atoms with E-state index in [0.29, 0.717) is 24.2 Å². The van der Waals surface area contributed by atoms with E-state index < -0.39 is 18.7 Å². The molecule has 0 amide bonds. The lowest BCUT2D eigenvalue weighted by molar-refractivity contribution is -0.0498. The van der Waals surface area contributed by atoms with Gasteiger partial charge in [0, 0.05) is 5.56 Å². The minimum Gasteiger partial charge on any atom is -0.435 e. The molecule has 0 N–H and O–H groups in total. The van der Waals surface area contributed by atoms with Gasteiger partial charge in [-0.1, -0.05) is 11.2 Å². The first kappa shape index (κ1) is 13.0. The predicted octanol–water partition coefficient (Wildman–Crippen LogP) is 3.34. The number of nitrogens with zero attached hydrogens (tertiary/aromatic N) is 2. The first-order valence-corrected chi connectivity index (χ1v) is 6.08. The molecule has 3 rings (SSSR count). The summed E-state index contributed by atoms with van der Waals surface area (Å²) < 4.78 is 46.6. The van der Waals surface area contributed by atoms with Gasteiger partial charge >= 0.3 is 6.61 Å². The van der Waals surface area contributed by atoms with E-state index in [9.17, 15) is 13.2 Å². The fourth-order valence-corrected chi connectivity index (χ4v) is 1.93. The van der Waals surface area contributed by atoms with Crippen LogP contribution in [0.15, 0.2) is 28.8 Å². The van der Waals surface area contributed by atoms with E-state index in [4.69, 9.17) is 4.52 Å². The molecule has 1 aromatic heterocycles. The molecule has 0 bridgehead atoms. The fourth-order valence-electron chi connectivity index (χ4n) is 1.93. The van der Waals surface area contributed by atoms with Gasteiger partial charge in [-0.05, 0) is 31.0 Å². The van der Waals surface area contributed by atoms with Gasteiger partial charge < -0.3 is 9.26 Å². The summed E-state index contributed by atoms with van der Waals surface area (Å²) in [7, 11) is 0. The van der Waals surface area contributed by atoms with E-state index in [1.165, 1.54) is 12.1 Å². The Morgan fingerprint density at radius 3 is 2.80 bits per heavy atom. The second-order valence-electron chi connectivity index (χ2n) is 4.74. The lowest BCUT2D eigenvalue weighted by Crippen LogP contribution is -2.10. The maximum Gasteiger partial charge on any atom is 0.387 e. The first-order chi connectivity index (χ1) is 9.63. The maximum atomic E-state index is 12.9. The Morgan fingerprint density at radius 2 is 2.15 bits per heavy atom. The molecule has 7 heteroatoms. The molecule has 106 valence electrons. The molecule has 1 fully saturated rings. The summed E-state index contributed by atoms with van der Waals surface area (Å²) in [5, 5.41) is 3.77. The van der Waals surface area contributed by atoms with Gasteiger partial charge in [-0.2, -0.15) is 13.8 Å². The largest absolute Gasteiger partial charge is 0.435 e. The first-order valence-electron chi connectivity index (χ1n) is 6.08. The monoisotopic (exact) mass is 284 g/mol. The Kier molecular flexibility index (Phi) is 3.11. The second kappa shape index (κ2) is 4.81. The van der Waals surface area contributed by atoms with Crippen molar-refractivity contribution in [1.29, 1.82) is 0 Å². The Labute approximate surface area is 112 Å². The van der Waals surface area contributed by atoms with Crippen molar-refractivity contribution in [3.05, 3.63) is 30.1 Å². The van der Waals surface area contributed by atoms with Crippen molar-refractivity contribution in [3.8, 4) is 17.2 Å². The summed E-state index contributed by atoms with van der Waals surface area (Å²) in [4.78, 5) is 4.14. The van der Waals surface area contributed by atoms with Crippen molar-refractivity contribution in [2.45, 2.75) is 24.9 Å². The zero-order valence-corrected chi connectivity index (χ0v) is 10.4. The Balaban J connectivity index is 1.86. The maximum absolute atomic E-state index is 12.9.